The maximum Gasteiger partial charge on any atom is 0.330 e. The number of halogens is 3. The maximum absolute atomic E-state index is 12.8. The summed E-state index contributed by atoms with van der Waals surface area (Å²) < 4.78 is 0.837. The van der Waals surface area contributed by atoms with Gasteiger partial charge in [0.15, 0.2) is 5.54 Å². The summed E-state index contributed by atoms with van der Waals surface area (Å²) in [5.41, 5.74) is -0.791. The first kappa shape index (κ1) is 20.6. The number of carbonyl (C=O) groups excluding carboxylic acids is 2. The van der Waals surface area contributed by atoms with Crippen LogP contribution in [0.25, 0.3) is 0 Å². The molecule has 28 heavy (non-hydrogen) atoms. The number of hydrogen-bond acceptors (Lipinski definition) is 4. The molecule has 1 aliphatic rings. The van der Waals surface area contributed by atoms with Gasteiger partial charge < -0.3 is 10.4 Å². The number of nitrogens with zero attached hydrogens (tertiary/aromatic N) is 2. The Labute approximate surface area is 178 Å². The van der Waals surface area contributed by atoms with Crippen LogP contribution in [0.4, 0.5) is 10.5 Å². The predicted octanol–water partition coefficient (Wildman–Crippen LogP) is 4.37. The van der Waals surface area contributed by atoms with E-state index < -0.39 is 23.4 Å². The van der Waals surface area contributed by atoms with Gasteiger partial charge in [-0.1, -0.05) is 51.3 Å². The Morgan fingerprint density at radius 1 is 1.21 bits per heavy atom. The first-order valence-electron chi connectivity index (χ1n) is 8.16. The van der Waals surface area contributed by atoms with E-state index in [-0.39, 0.29) is 35.3 Å². The molecule has 7 nitrogen and oxygen atoms in total. The molecular weight excluding hydrogens is 473 g/mol. The molecule has 0 spiro atoms. The van der Waals surface area contributed by atoms with Crippen LogP contribution in [-0.2, 0) is 16.0 Å². The second kappa shape index (κ2) is 8.06. The van der Waals surface area contributed by atoms with Crippen LogP contribution in [-0.4, -0.2) is 38.4 Å². The maximum atomic E-state index is 12.8. The monoisotopic (exact) mass is 485 g/mol. The fourth-order valence-electron chi connectivity index (χ4n) is 3.19. The molecule has 0 saturated carbocycles. The lowest BCUT2D eigenvalue weighted by atomic mass is 9.88. The highest BCUT2D eigenvalue weighted by molar-refractivity contribution is 9.10. The minimum Gasteiger partial charge on any atom is -0.479 e. The van der Waals surface area contributed by atoms with Crippen LogP contribution in [0.5, 0.6) is 0 Å². The second-order valence-electron chi connectivity index (χ2n) is 6.30. The third kappa shape index (κ3) is 4.14. The number of nitrogens with one attached hydrogen (secondary N) is 1. The van der Waals surface area contributed by atoms with E-state index in [2.05, 4.69) is 26.2 Å². The van der Waals surface area contributed by atoms with E-state index in [9.17, 15) is 19.5 Å². The van der Waals surface area contributed by atoms with Crippen molar-refractivity contribution in [2.24, 2.45) is 0 Å². The normalized spacial score (nSPS) is 19.0. The quantitative estimate of drug-likeness (QED) is 0.625. The molecule has 1 fully saturated rings. The Kier molecular flexibility index (Phi) is 5.92. The molecule has 1 aromatic carbocycles. The van der Waals surface area contributed by atoms with Gasteiger partial charge in [0.1, 0.15) is 10.3 Å². The van der Waals surface area contributed by atoms with Gasteiger partial charge >= 0.3 is 12.0 Å². The van der Waals surface area contributed by atoms with Crippen LogP contribution in [0.1, 0.15) is 18.4 Å². The van der Waals surface area contributed by atoms with E-state index in [1.807, 2.05) is 0 Å². The summed E-state index contributed by atoms with van der Waals surface area (Å²) in [6.07, 6.45) is -0.0384. The Morgan fingerprint density at radius 3 is 2.39 bits per heavy atom. The third-order valence-corrected chi connectivity index (χ3v) is 5.37. The number of aromatic nitrogens is 1. The third-order valence-electron chi connectivity index (χ3n) is 4.45. The highest BCUT2D eigenvalue weighted by atomic mass is 79.9. The Hall–Kier alpha value is -2.16. The zero-order valence-electron chi connectivity index (χ0n) is 14.3. The van der Waals surface area contributed by atoms with Crippen LogP contribution in [0.15, 0.2) is 40.9 Å². The highest BCUT2D eigenvalue weighted by Gasteiger charge is 2.54. The summed E-state index contributed by atoms with van der Waals surface area (Å²) >= 11 is 15.0. The van der Waals surface area contributed by atoms with Crippen molar-refractivity contribution in [2.75, 3.05) is 5.32 Å². The molecule has 1 saturated heterocycles. The van der Waals surface area contributed by atoms with Gasteiger partial charge in [-0.3, -0.25) is 4.79 Å². The van der Waals surface area contributed by atoms with Gasteiger partial charge in [-0.25, -0.2) is 19.5 Å². The molecule has 0 unspecified atom stereocenters. The summed E-state index contributed by atoms with van der Waals surface area (Å²) in [7, 11) is 0. The van der Waals surface area contributed by atoms with Gasteiger partial charge in [-0.05, 0) is 36.2 Å². The molecular formula is C18H14BrCl2N3O4. The molecule has 0 bridgehead atoms. The van der Waals surface area contributed by atoms with Gasteiger partial charge in [0.2, 0.25) is 5.91 Å². The summed E-state index contributed by atoms with van der Waals surface area (Å²) in [4.78, 5) is 42.0. The number of urea groups is 1. The number of rotatable bonds is 4. The Morgan fingerprint density at radius 2 is 1.82 bits per heavy atom. The molecule has 1 atom stereocenters. The Balaban J connectivity index is 1.93. The van der Waals surface area contributed by atoms with Crippen molar-refractivity contribution in [1.82, 2.24) is 9.88 Å². The van der Waals surface area contributed by atoms with E-state index in [4.69, 9.17) is 23.2 Å². The summed E-state index contributed by atoms with van der Waals surface area (Å²) in [6.45, 7) is 0. The molecule has 3 amide bonds. The average Bonchev–Trinajstić information content (AvgIpc) is 2.93. The number of benzene rings is 1. The molecule has 1 aromatic heterocycles. The smallest absolute Gasteiger partial charge is 0.330 e. The number of carboxylic acids is 1. The van der Waals surface area contributed by atoms with Crippen molar-refractivity contribution in [1.29, 1.82) is 0 Å². The summed E-state index contributed by atoms with van der Waals surface area (Å²) in [5.74, 6) is -1.81. The molecule has 146 valence electrons. The first-order valence-corrected chi connectivity index (χ1v) is 9.71. The van der Waals surface area contributed by atoms with Gasteiger partial charge in [-0.15, -0.1) is 0 Å². The minimum atomic E-state index is -1.68. The van der Waals surface area contributed by atoms with Crippen molar-refractivity contribution < 1.29 is 19.5 Å². The topological polar surface area (TPSA) is 99.6 Å². The second-order valence-corrected chi connectivity index (χ2v) is 7.99. The molecule has 2 heterocycles. The van der Waals surface area contributed by atoms with E-state index in [1.54, 1.807) is 24.3 Å². The molecule has 0 radical (unpaired) electrons. The standard InChI is InChI=1S/C18H14BrCl2N3O4/c19-11-3-1-10(2-4-11)9-18(16(26)27)6-5-15(25)24(18)17(28)22-12-7-13(20)23-14(21)8-12/h1-4,7-8H,5-6,9H2,(H,26,27)(H,22,23,28)/t18-/m1/s1. The lowest BCUT2D eigenvalue weighted by Gasteiger charge is -2.33. The number of imide groups is 1. The van der Waals surface area contributed by atoms with Crippen molar-refractivity contribution in [3.63, 3.8) is 0 Å². The van der Waals surface area contributed by atoms with Crippen LogP contribution >= 0.6 is 39.1 Å². The van der Waals surface area contributed by atoms with E-state index in [1.165, 1.54) is 12.1 Å². The SMILES string of the molecule is O=C1CC[C@@](Cc2ccc(Br)cc2)(C(=O)O)N1C(=O)Nc1cc(Cl)nc(Cl)c1. The number of hydrogen-bond donors (Lipinski definition) is 2. The fraction of sp³-hybridized carbons (Fsp3) is 0.222. The molecule has 1 aliphatic heterocycles. The summed E-state index contributed by atoms with van der Waals surface area (Å²) in [5, 5.41) is 12.5. The van der Waals surface area contributed by atoms with Gasteiger partial charge in [0.05, 0.1) is 0 Å². The number of pyridine rings is 1. The van der Waals surface area contributed by atoms with Gasteiger partial charge in [-0.2, -0.15) is 0 Å². The molecule has 0 aliphatic carbocycles. The lowest BCUT2D eigenvalue weighted by molar-refractivity contribution is -0.151. The molecule has 3 rings (SSSR count). The van der Waals surface area contributed by atoms with Crippen molar-refractivity contribution in [3.05, 3.63) is 56.7 Å². The van der Waals surface area contributed by atoms with Crippen molar-refractivity contribution in [2.45, 2.75) is 24.8 Å². The van der Waals surface area contributed by atoms with E-state index in [0.717, 1.165) is 9.37 Å². The highest BCUT2D eigenvalue weighted by Crippen LogP contribution is 2.35. The van der Waals surface area contributed by atoms with Gasteiger partial charge in [0.25, 0.3) is 0 Å². The van der Waals surface area contributed by atoms with Crippen LogP contribution < -0.4 is 5.32 Å². The van der Waals surface area contributed by atoms with Crippen LogP contribution in [0, 0.1) is 0 Å². The number of amides is 3. The minimum absolute atomic E-state index is 0.00731. The number of anilines is 1. The zero-order chi connectivity index (χ0) is 20.5. The van der Waals surface area contributed by atoms with E-state index >= 15 is 0 Å². The number of carbonyl (C=O) groups is 3. The van der Waals surface area contributed by atoms with Crippen LogP contribution in [0.2, 0.25) is 10.3 Å². The first-order chi connectivity index (χ1) is 13.2. The fourth-order valence-corrected chi connectivity index (χ4v) is 3.91. The Bertz CT molecular complexity index is 934. The lowest BCUT2D eigenvalue weighted by Crippen LogP contribution is -2.57. The number of carboxylic acid groups (broad SMARTS) is 1. The molecule has 10 heteroatoms. The summed E-state index contributed by atoms with van der Waals surface area (Å²) in [6, 6.07) is 8.87. The molecule has 2 aromatic rings. The predicted molar refractivity (Wildman–Crippen MR) is 108 cm³/mol. The molecule has 2 N–H and O–H groups in total. The van der Waals surface area contributed by atoms with E-state index in [0.29, 0.717) is 5.56 Å². The zero-order valence-corrected chi connectivity index (χ0v) is 17.4. The largest absolute Gasteiger partial charge is 0.479 e. The average molecular weight is 487 g/mol. The number of aliphatic carboxylic acids is 1. The van der Waals surface area contributed by atoms with Crippen molar-refractivity contribution in [3.8, 4) is 0 Å². The van der Waals surface area contributed by atoms with Crippen LogP contribution in [0.3, 0.4) is 0 Å². The van der Waals surface area contributed by atoms with Crippen molar-refractivity contribution >= 4 is 62.7 Å². The number of likely N-dealkylation sites (tertiary alicyclic amines) is 1. The van der Waals surface area contributed by atoms with Gasteiger partial charge in [0, 0.05) is 23.0 Å².